The van der Waals surface area contributed by atoms with Crippen molar-refractivity contribution >= 4 is 11.5 Å². The number of hydrogen-bond donors (Lipinski definition) is 0. The number of aryl methyl sites for hydroxylation is 1. The smallest absolute Gasteiger partial charge is 0.161 e. The number of hydrogen-bond acceptors (Lipinski definition) is 4. The molecule has 0 spiro atoms. The molecule has 1 aliphatic heterocycles. The molecule has 124 valence electrons. The molecule has 1 saturated heterocycles. The summed E-state index contributed by atoms with van der Waals surface area (Å²) in [5, 5.41) is 9.14. The number of ketones is 1. The number of anilines is 1. The molecule has 1 aliphatic rings. The van der Waals surface area contributed by atoms with Crippen molar-refractivity contribution in [1.82, 2.24) is 9.55 Å². The van der Waals surface area contributed by atoms with Gasteiger partial charge in [-0.1, -0.05) is 0 Å². The van der Waals surface area contributed by atoms with E-state index in [1.54, 1.807) is 19.1 Å². The normalized spacial score (nSPS) is 15.3. The fraction of sp³-hybridized carbons (Fsp3) is 0.421. The number of rotatable bonds is 4. The lowest BCUT2D eigenvalue weighted by Gasteiger charge is -2.34. The number of benzene rings is 1. The van der Waals surface area contributed by atoms with Gasteiger partial charge in [-0.25, -0.2) is 4.98 Å². The Labute approximate surface area is 142 Å². The molecular weight excluding hydrogens is 300 g/mol. The van der Waals surface area contributed by atoms with Gasteiger partial charge in [0.05, 0.1) is 11.6 Å². The van der Waals surface area contributed by atoms with Crippen molar-refractivity contribution in [3.63, 3.8) is 0 Å². The van der Waals surface area contributed by atoms with E-state index < -0.39 is 0 Å². The largest absolute Gasteiger partial charge is 0.371 e. The lowest BCUT2D eigenvalue weighted by Crippen LogP contribution is -2.35. The summed E-state index contributed by atoms with van der Waals surface area (Å²) in [5.74, 6) is 1.79. The maximum Gasteiger partial charge on any atom is 0.161 e. The van der Waals surface area contributed by atoms with E-state index in [0.717, 1.165) is 43.9 Å². The Bertz CT molecular complexity index is 779. The van der Waals surface area contributed by atoms with E-state index in [4.69, 9.17) is 5.26 Å². The van der Waals surface area contributed by atoms with Crippen LogP contribution in [0.2, 0.25) is 0 Å². The second-order valence-electron chi connectivity index (χ2n) is 6.49. The Morgan fingerprint density at radius 2 is 2.12 bits per heavy atom. The first-order valence-corrected chi connectivity index (χ1v) is 8.34. The maximum absolute atomic E-state index is 11.9. The predicted octanol–water partition coefficient (Wildman–Crippen LogP) is 2.95. The van der Waals surface area contributed by atoms with Gasteiger partial charge in [0.15, 0.2) is 5.78 Å². The van der Waals surface area contributed by atoms with Gasteiger partial charge in [-0.2, -0.15) is 5.26 Å². The second kappa shape index (κ2) is 6.88. The second-order valence-corrected chi connectivity index (χ2v) is 6.49. The highest BCUT2D eigenvalue weighted by Crippen LogP contribution is 2.29. The van der Waals surface area contributed by atoms with Gasteiger partial charge < -0.3 is 9.47 Å². The van der Waals surface area contributed by atoms with Gasteiger partial charge in [0, 0.05) is 50.2 Å². The van der Waals surface area contributed by atoms with Crippen molar-refractivity contribution in [3.05, 3.63) is 47.5 Å². The first-order chi connectivity index (χ1) is 11.6. The summed E-state index contributed by atoms with van der Waals surface area (Å²) in [6.07, 6.45) is 6.96. The van der Waals surface area contributed by atoms with Crippen molar-refractivity contribution in [1.29, 1.82) is 5.26 Å². The molecule has 1 aromatic carbocycles. The molecule has 0 atom stereocenters. The zero-order valence-corrected chi connectivity index (χ0v) is 14.2. The quantitative estimate of drug-likeness (QED) is 0.812. The summed E-state index contributed by atoms with van der Waals surface area (Å²) < 4.78 is 2.08. The molecule has 0 saturated carbocycles. The number of nitrogens with zero attached hydrogens (tertiary/aromatic N) is 4. The van der Waals surface area contributed by atoms with Gasteiger partial charge in [0.25, 0.3) is 0 Å². The third-order valence-corrected chi connectivity index (χ3v) is 4.85. The standard InChI is InChI=1S/C19H22N4O/c1-14(24)17-4-3-16(13-20)11-18(17)23-8-5-15(6-9-23)12-19-21-7-10-22(19)2/h3-4,7,10-11,15H,5-6,8-9,12H2,1-2H3. The number of Topliss-reactive ketones (excluding diaryl/α,β-unsaturated/α-hetero) is 1. The minimum Gasteiger partial charge on any atom is -0.371 e. The summed E-state index contributed by atoms with van der Waals surface area (Å²) in [7, 11) is 2.03. The van der Waals surface area contributed by atoms with E-state index in [2.05, 4.69) is 20.5 Å². The molecular formula is C19H22N4O. The van der Waals surface area contributed by atoms with Crippen molar-refractivity contribution in [3.8, 4) is 6.07 Å². The Balaban J connectivity index is 1.71. The van der Waals surface area contributed by atoms with Gasteiger partial charge in [-0.3, -0.25) is 4.79 Å². The Kier molecular flexibility index (Phi) is 4.66. The molecule has 2 heterocycles. The van der Waals surface area contributed by atoms with E-state index in [-0.39, 0.29) is 5.78 Å². The van der Waals surface area contributed by atoms with E-state index in [0.29, 0.717) is 17.0 Å². The Morgan fingerprint density at radius 1 is 1.38 bits per heavy atom. The Morgan fingerprint density at radius 3 is 2.71 bits per heavy atom. The number of aromatic nitrogens is 2. The molecule has 5 nitrogen and oxygen atoms in total. The number of imidazole rings is 1. The van der Waals surface area contributed by atoms with Crippen LogP contribution in [0.25, 0.3) is 0 Å². The minimum absolute atomic E-state index is 0.0459. The van der Waals surface area contributed by atoms with Crippen molar-refractivity contribution in [2.45, 2.75) is 26.2 Å². The molecule has 0 radical (unpaired) electrons. The first-order valence-electron chi connectivity index (χ1n) is 8.34. The molecule has 24 heavy (non-hydrogen) atoms. The fourth-order valence-corrected chi connectivity index (χ4v) is 3.39. The SMILES string of the molecule is CC(=O)c1ccc(C#N)cc1N1CCC(Cc2nccn2C)CC1. The third kappa shape index (κ3) is 3.33. The molecule has 5 heteroatoms. The zero-order valence-electron chi connectivity index (χ0n) is 14.2. The molecule has 3 rings (SSSR count). The predicted molar refractivity (Wildman–Crippen MR) is 93.0 cm³/mol. The van der Waals surface area contributed by atoms with Crippen LogP contribution in [-0.2, 0) is 13.5 Å². The van der Waals surface area contributed by atoms with E-state index >= 15 is 0 Å². The first kappa shape index (κ1) is 16.3. The van der Waals surface area contributed by atoms with Crippen LogP contribution in [0.3, 0.4) is 0 Å². The van der Waals surface area contributed by atoms with Gasteiger partial charge in [-0.05, 0) is 43.9 Å². The average Bonchev–Trinajstić information content (AvgIpc) is 2.99. The third-order valence-electron chi connectivity index (χ3n) is 4.85. The fourth-order valence-electron chi connectivity index (χ4n) is 3.39. The van der Waals surface area contributed by atoms with Gasteiger partial charge in [0.2, 0.25) is 0 Å². The summed E-state index contributed by atoms with van der Waals surface area (Å²) >= 11 is 0. The minimum atomic E-state index is 0.0459. The highest BCUT2D eigenvalue weighted by Gasteiger charge is 2.23. The molecule has 1 aromatic heterocycles. The van der Waals surface area contributed by atoms with Crippen molar-refractivity contribution in [2.75, 3.05) is 18.0 Å². The molecule has 0 unspecified atom stereocenters. The molecule has 0 N–H and O–H groups in total. The number of nitriles is 1. The monoisotopic (exact) mass is 322 g/mol. The van der Waals surface area contributed by atoms with Crippen LogP contribution in [0.15, 0.2) is 30.6 Å². The van der Waals surface area contributed by atoms with Crippen LogP contribution >= 0.6 is 0 Å². The topological polar surface area (TPSA) is 61.9 Å². The lowest BCUT2D eigenvalue weighted by atomic mass is 9.92. The molecule has 0 amide bonds. The molecule has 0 bridgehead atoms. The van der Waals surface area contributed by atoms with Gasteiger partial charge in [-0.15, -0.1) is 0 Å². The van der Waals surface area contributed by atoms with E-state index in [1.165, 1.54) is 0 Å². The van der Waals surface area contributed by atoms with Crippen LogP contribution in [0.5, 0.6) is 0 Å². The molecule has 0 aliphatic carbocycles. The average molecular weight is 322 g/mol. The van der Waals surface area contributed by atoms with Crippen LogP contribution in [0, 0.1) is 17.2 Å². The Hall–Kier alpha value is -2.61. The summed E-state index contributed by atoms with van der Waals surface area (Å²) in [4.78, 5) is 18.6. The highest BCUT2D eigenvalue weighted by molar-refractivity contribution is 6.00. The summed E-state index contributed by atoms with van der Waals surface area (Å²) in [5.41, 5.74) is 2.21. The van der Waals surface area contributed by atoms with Crippen molar-refractivity contribution in [2.24, 2.45) is 13.0 Å². The number of carbonyl (C=O) groups excluding carboxylic acids is 1. The summed E-state index contributed by atoms with van der Waals surface area (Å²) in [6, 6.07) is 7.50. The molecule has 1 fully saturated rings. The van der Waals surface area contributed by atoms with Crippen LogP contribution < -0.4 is 4.90 Å². The number of carbonyl (C=O) groups is 1. The number of piperidine rings is 1. The van der Waals surface area contributed by atoms with E-state index in [1.807, 2.05) is 25.5 Å². The van der Waals surface area contributed by atoms with Crippen LogP contribution in [0.4, 0.5) is 5.69 Å². The van der Waals surface area contributed by atoms with Crippen LogP contribution in [-0.4, -0.2) is 28.4 Å². The molecule has 2 aromatic rings. The van der Waals surface area contributed by atoms with Crippen LogP contribution in [0.1, 0.15) is 41.5 Å². The van der Waals surface area contributed by atoms with E-state index in [9.17, 15) is 4.79 Å². The lowest BCUT2D eigenvalue weighted by molar-refractivity contribution is 0.101. The maximum atomic E-state index is 11.9. The highest BCUT2D eigenvalue weighted by atomic mass is 16.1. The van der Waals surface area contributed by atoms with Gasteiger partial charge in [0.1, 0.15) is 5.82 Å². The zero-order chi connectivity index (χ0) is 17.1. The van der Waals surface area contributed by atoms with Crippen molar-refractivity contribution < 1.29 is 4.79 Å². The summed E-state index contributed by atoms with van der Waals surface area (Å²) in [6.45, 7) is 3.40. The van der Waals surface area contributed by atoms with Gasteiger partial charge >= 0.3 is 0 Å².